The average Bonchev–Trinajstić information content (AvgIpc) is 2.58. The number of nitrogens with zero attached hydrogens (tertiary/aromatic N) is 4. The van der Waals surface area contributed by atoms with E-state index in [1.807, 2.05) is 19.9 Å². The molecule has 6 heteroatoms. The van der Waals surface area contributed by atoms with Gasteiger partial charge in [0.1, 0.15) is 0 Å². The van der Waals surface area contributed by atoms with Crippen LogP contribution in [0, 0.1) is 13.8 Å². The third kappa shape index (κ3) is 2.65. The fourth-order valence-corrected chi connectivity index (χ4v) is 1.81. The summed E-state index contributed by atoms with van der Waals surface area (Å²) in [6, 6.07) is 5.25. The summed E-state index contributed by atoms with van der Waals surface area (Å²) >= 11 is 11.8. The molecule has 4 nitrogen and oxygen atoms in total. The van der Waals surface area contributed by atoms with Gasteiger partial charge in [0.2, 0.25) is 0 Å². The Morgan fingerprint density at radius 1 is 1.18 bits per heavy atom. The van der Waals surface area contributed by atoms with E-state index >= 15 is 0 Å². The minimum Gasteiger partial charge on any atom is -0.202 e. The lowest BCUT2D eigenvalue weighted by Gasteiger charge is -2.00. The Morgan fingerprint density at radius 3 is 2.41 bits per heavy atom. The standard InChI is InChI=1S/C11H10Cl2N4/c1-7-15-16-8(2)17(7)14-6-9-3-4-10(12)5-11(9)13/h3-6H,1-2H3/b14-6-. The molecular weight excluding hydrogens is 259 g/mol. The molecule has 0 N–H and O–H groups in total. The highest BCUT2D eigenvalue weighted by Gasteiger charge is 2.02. The molecule has 0 aliphatic heterocycles. The first kappa shape index (κ1) is 12.1. The molecule has 1 heterocycles. The first-order valence-electron chi connectivity index (χ1n) is 4.96. The van der Waals surface area contributed by atoms with Gasteiger partial charge in [-0.15, -0.1) is 10.2 Å². The minimum atomic E-state index is 0.560. The molecule has 2 rings (SSSR count). The molecule has 1 aromatic carbocycles. The number of hydrogen-bond acceptors (Lipinski definition) is 3. The first-order chi connectivity index (χ1) is 8.08. The van der Waals surface area contributed by atoms with Gasteiger partial charge in [-0.2, -0.15) is 5.10 Å². The molecule has 0 spiro atoms. The molecule has 1 aromatic heterocycles. The van der Waals surface area contributed by atoms with E-state index in [9.17, 15) is 0 Å². The summed E-state index contributed by atoms with van der Waals surface area (Å²) < 4.78 is 1.64. The van der Waals surface area contributed by atoms with E-state index < -0.39 is 0 Å². The highest BCUT2D eigenvalue weighted by atomic mass is 35.5. The van der Waals surface area contributed by atoms with Gasteiger partial charge in [0.05, 0.1) is 11.2 Å². The van der Waals surface area contributed by atoms with Crippen LogP contribution in [0.1, 0.15) is 17.2 Å². The van der Waals surface area contributed by atoms with Crippen LogP contribution in [0.2, 0.25) is 10.0 Å². The molecule has 0 saturated carbocycles. The fourth-order valence-electron chi connectivity index (χ4n) is 1.36. The summed E-state index contributed by atoms with van der Waals surface area (Å²) in [6.45, 7) is 3.67. The lowest BCUT2D eigenvalue weighted by molar-refractivity contribution is 0.799. The third-order valence-corrected chi connectivity index (χ3v) is 2.79. The third-order valence-electron chi connectivity index (χ3n) is 2.23. The molecule has 0 aliphatic carbocycles. The number of aromatic nitrogens is 3. The van der Waals surface area contributed by atoms with E-state index in [-0.39, 0.29) is 0 Å². The molecule has 88 valence electrons. The zero-order valence-electron chi connectivity index (χ0n) is 9.35. The van der Waals surface area contributed by atoms with Crippen LogP contribution in [-0.4, -0.2) is 21.1 Å². The summed E-state index contributed by atoms with van der Waals surface area (Å²) in [4.78, 5) is 0. The number of rotatable bonds is 2. The maximum absolute atomic E-state index is 6.03. The lowest BCUT2D eigenvalue weighted by Crippen LogP contribution is -1.96. The smallest absolute Gasteiger partial charge is 0.151 e. The monoisotopic (exact) mass is 268 g/mol. The second-order valence-corrected chi connectivity index (χ2v) is 4.36. The maximum Gasteiger partial charge on any atom is 0.151 e. The molecule has 17 heavy (non-hydrogen) atoms. The SMILES string of the molecule is Cc1nnc(C)n1/N=C\c1ccc(Cl)cc1Cl. The highest BCUT2D eigenvalue weighted by Crippen LogP contribution is 2.19. The summed E-state index contributed by atoms with van der Waals surface area (Å²) in [5.41, 5.74) is 0.795. The zero-order valence-corrected chi connectivity index (χ0v) is 10.9. The average molecular weight is 269 g/mol. The topological polar surface area (TPSA) is 43.1 Å². The van der Waals surface area contributed by atoms with E-state index in [0.29, 0.717) is 10.0 Å². The number of aryl methyl sites for hydroxylation is 2. The van der Waals surface area contributed by atoms with Crippen molar-refractivity contribution in [2.45, 2.75) is 13.8 Å². The first-order valence-corrected chi connectivity index (χ1v) is 5.71. The summed E-state index contributed by atoms with van der Waals surface area (Å²) in [6.07, 6.45) is 1.65. The predicted octanol–water partition coefficient (Wildman–Crippen LogP) is 3.08. The van der Waals surface area contributed by atoms with Gasteiger partial charge in [-0.3, -0.25) is 0 Å². The van der Waals surface area contributed by atoms with Crippen LogP contribution in [0.25, 0.3) is 0 Å². The molecule has 2 aromatic rings. The number of benzene rings is 1. The van der Waals surface area contributed by atoms with Gasteiger partial charge < -0.3 is 0 Å². The summed E-state index contributed by atoms with van der Waals surface area (Å²) in [5.74, 6) is 1.45. The number of halogens is 2. The van der Waals surface area contributed by atoms with Gasteiger partial charge >= 0.3 is 0 Å². The largest absolute Gasteiger partial charge is 0.202 e. The highest BCUT2D eigenvalue weighted by molar-refractivity contribution is 6.36. The van der Waals surface area contributed by atoms with Gasteiger partial charge in [-0.25, -0.2) is 4.68 Å². The van der Waals surface area contributed by atoms with Crippen LogP contribution in [0.3, 0.4) is 0 Å². The Hall–Kier alpha value is -1.39. The summed E-state index contributed by atoms with van der Waals surface area (Å²) in [7, 11) is 0. The Labute approximate surface area is 109 Å². The van der Waals surface area contributed by atoms with Crippen molar-refractivity contribution in [1.82, 2.24) is 14.9 Å². The van der Waals surface area contributed by atoms with Crippen LogP contribution >= 0.6 is 23.2 Å². The molecule has 0 unspecified atom stereocenters. The Balaban J connectivity index is 2.32. The van der Waals surface area contributed by atoms with Gasteiger partial charge in [-0.1, -0.05) is 29.3 Å². The molecule has 0 aliphatic rings. The van der Waals surface area contributed by atoms with Gasteiger partial charge in [0.15, 0.2) is 11.6 Å². The minimum absolute atomic E-state index is 0.560. The van der Waals surface area contributed by atoms with Gasteiger partial charge in [-0.05, 0) is 26.0 Å². The van der Waals surface area contributed by atoms with Crippen molar-refractivity contribution in [2.75, 3.05) is 0 Å². The maximum atomic E-state index is 6.03. The van der Waals surface area contributed by atoms with E-state index in [0.717, 1.165) is 17.2 Å². The van der Waals surface area contributed by atoms with Crippen molar-refractivity contribution in [1.29, 1.82) is 0 Å². The molecule has 0 radical (unpaired) electrons. The van der Waals surface area contributed by atoms with Crippen LogP contribution in [0.15, 0.2) is 23.3 Å². The number of hydrogen-bond donors (Lipinski definition) is 0. The lowest BCUT2D eigenvalue weighted by atomic mass is 10.2. The Kier molecular flexibility index (Phi) is 3.45. The van der Waals surface area contributed by atoms with E-state index in [1.54, 1.807) is 23.0 Å². The molecule has 0 fully saturated rings. The molecular formula is C11H10Cl2N4. The normalized spacial score (nSPS) is 11.3. The van der Waals surface area contributed by atoms with Gasteiger partial charge in [0.25, 0.3) is 0 Å². The van der Waals surface area contributed by atoms with Crippen molar-refractivity contribution < 1.29 is 0 Å². The van der Waals surface area contributed by atoms with Crippen molar-refractivity contribution in [2.24, 2.45) is 5.10 Å². The van der Waals surface area contributed by atoms with E-state index in [1.165, 1.54) is 0 Å². The molecule has 0 atom stereocenters. The Bertz CT molecular complexity index is 555. The second-order valence-electron chi connectivity index (χ2n) is 3.52. The second kappa shape index (κ2) is 4.85. The van der Waals surface area contributed by atoms with E-state index in [4.69, 9.17) is 23.2 Å². The molecule has 0 saturated heterocycles. The Morgan fingerprint density at radius 2 is 1.82 bits per heavy atom. The van der Waals surface area contributed by atoms with E-state index in [2.05, 4.69) is 15.3 Å². The quantitative estimate of drug-likeness (QED) is 0.786. The molecule has 0 bridgehead atoms. The van der Waals surface area contributed by atoms with Gasteiger partial charge in [0, 0.05) is 10.6 Å². The van der Waals surface area contributed by atoms with Crippen molar-refractivity contribution in [3.63, 3.8) is 0 Å². The molecule has 0 amide bonds. The van der Waals surface area contributed by atoms with Crippen LogP contribution in [-0.2, 0) is 0 Å². The van der Waals surface area contributed by atoms with Crippen LogP contribution < -0.4 is 0 Å². The fraction of sp³-hybridized carbons (Fsp3) is 0.182. The van der Waals surface area contributed by atoms with Crippen molar-refractivity contribution in [3.8, 4) is 0 Å². The summed E-state index contributed by atoms with van der Waals surface area (Å²) in [5, 5.41) is 13.2. The van der Waals surface area contributed by atoms with Crippen molar-refractivity contribution >= 4 is 29.4 Å². The van der Waals surface area contributed by atoms with Crippen LogP contribution in [0.4, 0.5) is 0 Å². The van der Waals surface area contributed by atoms with Crippen LogP contribution in [0.5, 0.6) is 0 Å². The zero-order chi connectivity index (χ0) is 12.4. The van der Waals surface area contributed by atoms with Crippen molar-refractivity contribution in [3.05, 3.63) is 45.5 Å². The predicted molar refractivity (Wildman–Crippen MR) is 69.0 cm³/mol.